The zero-order valence-electron chi connectivity index (χ0n) is 19.7. The smallest absolute Gasteiger partial charge is 0.257 e. The summed E-state index contributed by atoms with van der Waals surface area (Å²) in [4.78, 5) is 25.0. The fourth-order valence-corrected chi connectivity index (χ4v) is 3.94. The van der Waals surface area contributed by atoms with Crippen LogP contribution in [-0.4, -0.2) is 30.7 Å². The first-order valence-electron chi connectivity index (χ1n) is 11.3. The van der Waals surface area contributed by atoms with E-state index in [-0.39, 0.29) is 30.4 Å². The van der Waals surface area contributed by atoms with Crippen LogP contribution in [0.3, 0.4) is 0 Å². The molecule has 1 amide bonds. The summed E-state index contributed by atoms with van der Waals surface area (Å²) in [6, 6.07) is 20.8. The third kappa shape index (κ3) is 6.06. The number of benzene rings is 3. The monoisotopic (exact) mass is 474 g/mol. The number of amides is 1. The second-order valence-corrected chi connectivity index (χ2v) is 8.30. The van der Waals surface area contributed by atoms with Gasteiger partial charge in [-0.05, 0) is 66.4 Å². The molecule has 180 valence electrons. The van der Waals surface area contributed by atoms with Crippen molar-refractivity contribution in [2.24, 2.45) is 0 Å². The number of fused-ring (bicyclic) bond motifs is 1. The van der Waals surface area contributed by atoms with Crippen LogP contribution in [0.1, 0.15) is 16.7 Å². The highest BCUT2D eigenvalue weighted by molar-refractivity contribution is 5.84. The Balaban J connectivity index is 1.42. The van der Waals surface area contributed by atoms with Crippen molar-refractivity contribution < 1.29 is 18.7 Å². The van der Waals surface area contributed by atoms with Gasteiger partial charge in [-0.3, -0.25) is 9.59 Å². The average molecular weight is 475 g/mol. The molecule has 0 spiro atoms. The Morgan fingerprint density at radius 1 is 0.971 bits per heavy atom. The number of pyridine rings is 1. The maximum atomic E-state index is 13.7. The number of carbonyl (C=O) groups is 1. The Morgan fingerprint density at radius 3 is 2.49 bits per heavy atom. The summed E-state index contributed by atoms with van der Waals surface area (Å²) in [5.41, 5.74) is 3.08. The van der Waals surface area contributed by atoms with E-state index in [1.165, 1.54) is 12.1 Å². The SMILES string of the molecule is COc1ccc(CCNC(=O)COc2ccc3c(C)cc(=O)n(Cc4cccc(F)c4)c3c2)cc1. The number of halogens is 1. The first kappa shape index (κ1) is 24.0. The Kier molecular flexibility index (Phi) is 7.45. The summed E-state index contributed by atoms with van der Waals surface area (Å²) in [6.07, 6.45) is 0.692. The standard InChI is InChI=1S/C28H27FN2O4/c1-19-14-28(33)31(17-21-4-3-5-22(29)15-21)26-16-24(10-11-25(19)26)35-18-27(32)30-13-12-20-6-8-23(34-2)9-7-20/h3-11,14-16H,12-13,17-18H2,1-2H3,(H,30,32). The van der Waals surface area contributed by atoms with Crippen molar-refractivity contribution in [2.75, 3.05) is 20.3 Å². The Bertz CT molecular complexity index is 1400. The first-order valence-corrected chi connectivity index (χ1v) is 11.3. The second kappa shape index (κ2) is 10.9. The zero-order valence-corrected chi connectivity index (χ0v) is 19.7. The van der Waals surface area contributed by atoms with E-state index in [0.29, 0.717) is 29.8 Å². The maximum Gasteiger partial charge on any atom is 0.257 e. The van der Waals surface area contributed by atoms with Gasteiger partial charge in [0.15, 0.2) is 6.61 Å². The van der Waals surface area contributed by atoms with Gasteiger partial charge in [-0.25, -0.2) is 4.39 Å². The van der Waals surface area contributed by atoms with E-state index in [0.717, 1.165) is 22.3 Å². The fourth-order valence-electron chi connectivity index (χ4n) is 3.94. The topological polar surface area (TPSA) is 69.6 Å². The van der Waals surface area contributed by atoms with Gasteiger partial charge >= 0.3 is 0 Å². The molecule has 3 aromatic carbocycles. The van der Waals surface area contributed by atoms with Crippen molar-refractivity contribution in [1.82, 2.24) is 9.88 Å². The van der Waals surface area contributed by atoms with Crippen LogP contribution in [0.2, 0.25) is 0 Å². The summed E-state index contributed by atoms with van der Waals surface area (Å²) in [5.74, 6) is 0.674. The van der Waals surface area contributed by atoms with E-state index < -0.39 is 0 Å². The Hall–Kier alpha value is -4.13. The number of rotatable bonds is 9. The molecule has 0 aliphatic rings. The van der Waals surface area contributed by atoms with Crippen LogP contribution in [0.5, 0.6) is 11.5 Å². The second-order valence-electron chi connectivity index (χ2n) is 8.30. The van der Waals surface area contributed by atoms with E-state index in [9.17, 15) is 14.0 Å². The highest BCUT2D eigenvalue weighted by Gasteiger charge is 2.10. The molecule has 0 fully saturated rings. The van der Waals surface area contributed by atoms with Crippen molar-refractivity contribution in [3.63, 3.8) is 0 Å². The van der Waals surface area contributed by atoms with Crippen molar-refractivity contribution in [3.8, 4) is 11.5 Å². The van der Waals surface area contributed by atoms with E-state index in [4.69, 9.17) is 9.47 Å². The molecule has 0 saturated heterocycles. The lowest BCUT2D eigenvalue weighted by Gasteiger charge is -2.14. The molecule has 1 aromatic heterocycles. The number of aryl methyl sites for hydroxylation is 1. The number of nitrogens with one attached hydrogen (secondary N) is 1. The van der Waals surface area contributed by atoms with Crippen molar-refractivity contribution >= 4 is 16.8 Å². The van der Waals surface area contributed by atoms with Crippen molar-refractivity contribution in [2.45, 2.75) is 19.9 Å². The van der Waals surface area contributed by atoms with E-state index >= 15 is 0 Å². The third-order valence-electron chi connectivity index (χ3n) is 5.79. The van der Waals surface area contributed by atoms with Gasteiger partial charge in [0.05, 0.1) is 19.2 Å². The van der Waals surface area contributed by atoms with Gasteiger partial charge in [-0.1, -0.05) is 24.3 Å². The number of nitrogens with zero attached hydrogens (tertiary/aromatic N) is 1. The largest absolute Gasteiger partial charge is 0.497 e. The number of hydrogen-bond donors (Lipinski definition) is 1. The van der Waals surface area contributed by atoms with E-state index in [1.807, 2.05) is 37.3 Å². The van der Waals surface area contributed by atoms with Gasteiger partial charge in [0, 0.05) is 24.1 Å². The number of carbonyl (C=O) groups excluding carboxylic acids is 1. The molecule has 1 heterocycles. The number of aromatic nitrogens is 1. The molecule has 4 aromatic rings. The summed E-state index contributed by atoms with van der Waals surface area (Å²) in [5, 5.41) is 3.74. The van der Waals surface area contributed by atoms with E-state index in [2.05, 4.69) is 5.32 Å². The summed E-state index contributed by atoms with van der Waals surface area (Å²) >= 11 is 0. The molecule has 7 heteroatoms. The van der Waals surface area contributed by atoms with Gasteiger partial charge in [-0.15, -0.1) is 0 Å². The highest BCUT2D eigenvalue weighted by atomic mass is 19.1. The molecular formula is C28H27FN2O4. The maximum absolute atomic E-state index is 13.7. The minimum absolute atomic E-state index is 0.145. The van der Waals surface area contributed by atoms with Gasteiger partial charge < -0.3 is 19.4 Å². The molecule has 35 heavy (non-hydrogen) atoms. The molecule has 1 N–H and O–H groups in total. The lowest BCUT2D eigenvalue weighted by Crippen LogP contribution is -2.30. The van der Waals surface area contributed by atoms with Gasteiger partial charge in [0.1, 0.15) is 17.3 Å². The summed E-state index contributed by atoms with van der Waals surface area (Å²) in [7, 11) is 1.62. The van der Waals surface area contributed by atoms with Gasteiger partial charge in [0.2, 0.25) is 0 Å². The lowest BCUT2D eigenvalue weighted by molar-refractivity contribution is -0.123. The van der Waals surface area contributed by atoms with Gasteiger partial charge in [0.25, 0.3) is 11.5 Å². The van der Waals surface area contributed by atoms with Crippen molar-refractivity contribution in [1.29, 1.82) is 0 Å². The van der Waals surface area contributed by atoms with Crippen LogP contribution >= 0.6 is 0 Å². The number of ether oxygens (including phenoxy) is 2. The predicted octanol–water partition coefficient (Wildman–Crippen LogP) is 4.24. The normalized spacial score (nSPS) is 10.8. The van der Waals surface area contributed by atoms with Gasteiger partial charge in [-0.2, -0.15) is 0 Å². The third-order valence-corrected chi connectivity index (χ3v) is 5.79. The Labute approximate surface area is 202 Å². The number of methoxy groups -OCH3 is 1. The van der Waals surface area contributed by atoms with Crippen LogP contribution in [0.4, 0.5) is 4.39 Å². The molecule has 0 aliphatic carbocycles. The molecule has 4 rings (SSSR count). The zero-order chi connectivity index (χ0) is 24.8. The average Bonchev–Trinajstić information content (AvgIpc) is 2.85. The highest BCUT2D eigenvalue weighted by Crippen LogP contribution is 2.23. The predicted molar refractivity (Wildman–Crippen MR) is 134 cm³/mol. The summed E-state index contributed by atoms with van der Waals surface area (Å²) < 4.78 is 26.1. The summed E-state index contributed by atoms with van der Waals surface area (Å²) in [6.45, 7) is 2.43. The van der Waals surface area contributed by atoms with Crippen LogP contribution in [0, 0.1) is 12.7 Å². The molecule has 0 unspecified atom stereocenters. The molecule has 0 atom stereocenters. The molecular weight excluding hydrogens is 447 g/mol. The quantitative estimate of drug-likeness (QED) is 0.394. The molecule has 0 saturated carbocycles. The molecule has 6 nitrogen and oxygen atoms in total. The molecule has 0 bridgehead atoms. The first-order chi connectivity index (χ1) is 16.9. The van der Waals surface area contributed by atoms with Crippen molar-refractivity contribution in [3.05, 3.63) is 106 Å². The Morgan fingerprint density at radius 2 is 1.74 bits per heavy atom. The minimum atomic E-state index is -0.353. The van der Waals surface area contributed by atoms with Crippen LogP contribution in [0.25, 0.3) is 10.9 Å². The van der Waals surface area contributed by atoms with Crippen LogP contribution in [-0.2, 0) is 17.8 Å². The fraction of sp³-hybridized carbons (Fsp3) is 0.214. The van der Waals surface area contributed by atoms with E-state index in [1.54, 1.807) is 42.0 Å². The number of hydrogen-bond acceptors (Lipinski definition) is 4. The van der Waals surface area contributed by atoms with Crippen LogP contribution in [0.15, 0.2) is 77.6 Å². The minimum Gasteiger partial charge on any atom is -0.497 e. The van der Waals surface area contributed by atoms with Crippen LogP contribution < -0.4 is 20.3 Å². The molecule has 0 radical (unpaired) electrons. The molecule has 0 aliphatic heterocycles. The lowest BCUT2D eigenvalue weighted by atomic mass is 10.1.